The standard InChI is InChI=1S/C11H8ClF6NO3/c1-2-21-9(20)7-6(10(13,14)15)3-5(4-12)19-8(7)22-11(16,17)18/h3H,2,4H2,1H3. The summed E-state index contributed by atoms with van der Waals surface area (Å²) in [5, 5.41) is 0. The summed E-state index contributed by atoms with van der Waals surface area (Å²) in [5.41, 5.74) is -3.67. The molecule has 0 spiro atoms. The molecule has 124 valence electrons. The zero-order valence-corrected chi connectivity index (χ0v) is 11.6. The van der Waals surface area contributed by atoms with Crippen molar-refractivity contribution >= 4 is 17.6 Å². The summed E-state index contributed by atoms with van der Waals surface area (Å²) in [5.74, 6) is -3.81. The first-order valence-electron chi connectivity index (χ1n) is 5.59. The van der Waals surface area contributed by atoms with Crippen molar-refractivity contribution in [2.24, 2.45) is 0 Å². The van der Waals surface area contributed by atoms with Crippen LogP contribution in [0.1, 0.15) is 28.5 Å². The Labute approximate surface area is 125 Å². The van der Waals surface area contributed by atoms with Crippen LogP contribution in [0.15, 0.2) is 6.07 Å². The van der Waals surface area contributed by atoms with E-state index in [2.05, 4.69) is 14.5 Å². The van der Waals surface area contributed by atoms with Crippen LogP contribution in [-0.2, 0) is 16.8 Å². The summed E-state index contributed by atoms with van der Waals surface area (Å²) in [6, 6.07) is 0.364. The highest BCUT2D eigenvalue weighted by molar-refractivity contribution is 6.16. The molecule has 0 radical (unpaired) electrons. The van der Waals surface area contributed by atoms with Gasteiger partial charge in [0.1, 0.15) is 5.56 Å². The van der Waals surface area contributed by atoms with Crippen molar-refractivity contribution in [3.63, 3.8) is 0 Å². The Hall–Kier alpha value is -1.71. The Morgan fingerprint density at radius 3 is 2.27 bits per heavy atom. The molecule has 0 amide bonds. The summed E-state index contributed by atoms with van der Waals surface area (Å²) in [6.45, 7) is 0.925. The molecule has 0 aliphatic carbocycles. The predicted octanol–water partition coefficient (Wildman–Crippen LogP) is 3.91. The van der Waals surface area contributed by atoms with Crippen LogP contribution in [0.25, 0.3) is 0 Å². The minimum atomic E-state index is -5.35. The molecule has 0 bridgehead atoms. The van der Waals surface area contributed by atoms with E-state index in [1.807, 2.05) is 0 Å². The van der Waals surface area contributed by atoms with Crippen molar-refractivity contribution in [3.05, 3.63) is 22.9 Å². The van der Waals surface area contributed by atoms with Crippen molar-refractivity contribution in [3.8, 4) is 5.88 Å². The fourth-order valence-electron chi connectivity index (χ4n) is 1.45. The van der Waals surface area contributed by atoms with E-state index in [0.717, 1.165) is 0 Å². The second-order valence-corrected chi connectivity index (χ2v) is 4.01. The Morgan fingerprint density at radius 1 is 1.27 bits per heavy atom. The zero-order valence-electron chi connectivity index (χ0n) is 10.8. The van der Waals surface area contributed by atoms with Crippen molar-refractivity contribution in [1.82, 2.24) is 4.98 Å². The second-order valence-electron chi connectivity index (χ2n) is 3.74. The summed E-state index contributed by atoms with van der Waals surface area (Å²) >= 11 is 5.30. The van der Waals surface area contributed by atoms with Crippen LogP contribution in [0.3, 0.4) is 0 Å². The van der Waals surface area contributed by atoms with Crippen LogP contribution in [-0.4, -0.2) is 23.9 Å². The number of esters is 1. The van der Waals surface area contributed by atoms with E-state index in [0.29, 0.717) is 6.07 Å². The van der Waals surface area contributed by atoms with Crippen molar-refractivity contribution < 1.29 is 40.6 Å². The van der Waals surface area contributed by atoms with Crippen LogP contribution in [0.5, 0.6) is 5.88 Å². The van der Waals surface area contributed by atoms with Gasteiger partial charge in [-0.3, -0.25) is 0 Å². The fourth-order valence-corrected chi connectivity index (χ4v) is 1.59. The van der Waals surface area contributed by atoms with E-state index >= 15 is 0 Å². The minimum Gasteiger partial charge on any atom is -0.462 e. The van der Waals surface area contributed by atoms with Gasteiger partial charge >= 0.3 is 18.5 Å². The van der Waals surface area contributed by atoms with Gasteiger partial charge in [0.15, 0.2) is 0 Å². The van der Waals surface area contributed by atoms with E-state index < -0.39 is 47.1 Å². The number of carbonyl (C=O) groups excluding carboxylic acids is 1. The van der Waals surface area contributed by atoms with Gasteiger partial charge in [-0.1, -0.05) is 0 Å². The smallest absolute Gasteiger partial charge is 0.462 e. The number of alkyl halides is 7. The number of pyridine rings is 1. The van der Waals surface area contributed by atoms with Crippen LogP contribution < -0.4 is 4.74 Å². The van der Waals surface area contributed by atoms with Gasteiger partial charge in [0.2, 0.25) is 5.88 Å². The maximum absolute atomic E-state index is 13.0. The highest BCUT2D eigenvalue weighted by Gasteiger charge is 2.42. The molecule has 0 N–H and O–H groups in total. The maximum Gasteiger partial charge on any atom is 0.574 e. The number of nitrogens with zero attached hydrogens (tertiary/aromatic N) is 1. The highest BCUT2D eigenvalue weighted by Crippen LogP contribution is 2.38. The SMILES string of the molecule is CCOC(=O)c1c(C(F)(F)F)cc(CCl)nc1OC(F)(F)F. The van der Waals surface area contributed by atoms with Gasteiger partial charge in [-0.25, -0.2) is 9.78 Å². The van der Waals surface area contributed by atoms with Crippen LogP contribution >= 0.6 is 11.6 Å². The summed E-state index contributed by atoms with van der Waals surface area (Å²) < 4.78 is 83.5. The number of rotatable bonds is 4. The summed E-state index contributed by atoms with van der Waals surface area (Å²) in [6.07, 6.45) is -10.5. The monoisotopic (exact) mass is 351 g/mol. The third kappa shape index (κ3) is 4.65. The Kier molecular flexibility index (Phi) is 5.49. The average Bonchev–Trinajstić information content (AvgIpc) is 2.34. The molecule has 0 saturated carbocycles. The predicted molar refractivity (Wildman–Crippen MR) is 61.4 cm³/mol. The van der Waals surface area contributed by atoms with Gasteiger partial charge in [0.25, 0.3) is 0 Å². The van der Waals surface area contributed by atoms with Crippen molar-refractivity contribution in [1.29, 1.82) is 0 Å². The molecule has 0 unspecified atom stereocenters. The van der Waals surface area contributed by atoms with Crippen LogP contribution in [0.4, 0.5) is 26.3 Å². The molecule has 22 heavy (non-hydrogen) atoms. The number of hydrogen-bond acceptors (Lipinski definition) is 4. The van der Waals surface area contributed by atoms with E-state index in [1.165, 1.54) is 6.92 Å². The molecule has 11 heteroatoms. The lowest BCUT2D eigenvalue weighted by atomic mass is 10.1. The van der Waals surface area contributed by atoms with Gasteiger partial charge in [-0.05, 0) is 13.0 Å². The van der Waals surface area contributed by atoms with Gasteiger partial charge < -0.3 is 9.47 Å². The molecule has 0 fully saturated rings. The lowest BCUT2D eigenvalue weighted by molar-refractivity contribution is -0.276. The molecule has 4 nitrogen and oxygen atoms in total. The summed E-state index contributed by atoms with van der Waals surface area (Å²) in [4.78, 5) is 14.8. The maximum atomic E-state index is 13.0. The topological polar surface area (TPSA) is 48.4 Å². The first-order chi connectivity index (χ1) is 9.99. The second kappa shape index (κ2) is 6.59. The molecule has 0 saturated heterocycles. The van der Waals surface area contributed by atoms with Crippen molar-refractivity contribution in [2.75, 3.05) is 6.61 Å². The lowest BCUT2D eigenvalue weighted by Crippen LogP contribution is -2.24. The number of ether oxygens (including phenoxy) is 2. The number of hydrogen-bond donors (Lipinski definition) is 0. The zero-order chi connectivity index (χ0) is 17.1. The molecule has 1 heterocycles. The van der Waals surface area contributed by atoms with Crippen LogP contribution in [0.2, 0.25) is 0 Å². The number of halogens is 7. The molecule has 0 atom stereocenters. The molecular formula is C11H8ClF6NO3. The van der Waals surface area contributed by atoms with E-state index in [4.69, 9.17) is 11.6 Å². The molecule has 0 aliphatic heterocycles. The quantitative estimate of drug-likeness (QED) is 0.469. The van der Waals surface area contributed by atoms with Gasteiger partial charge in [0, 0.05) is 0 Å². The van der Waals surface area contributed by atoms with Gasteiger partial charge in [-0.2, -0.15) is 13.2 Å². The normalized spacial score (nSPS) is 12.2. The number of carbonyl (C=O) groups is 1. The Bertz CT molecular complexity index is 558. The Morgan fingerprint density at radius 2 is 1.86 bits per heavy atom. The Balaban J connectivity index is 3.59. The first-order valence-corrected chi connectivity index (χ1v) is 6.13. The third-order valence-electron chi connectivity index (χ3n) is 2.17. The molecular weight excluding hydrogens is 344 g/mol. The number of aromatic nitrogens is 1. The molecule has 1 rings (SSSR count). The lowest BCUT2D eigenvalue weighted by Gasteiger charge is -2.17. The van der Waals surface area contributed by atoms with Gasteiger partial charge in [-0.15, -0.1) is 24.8 Å². The molecule has 0 aromatic carbocycles. The highest BCUT2D eigenvalue weighted by atomic mass is 35.5. The largest absolute Gasteiger partial charge is 0.574 e. The molecule has 1 aromatic heterocycles. The van der Waals surface area contributed by atoms with Crippen LogP contribution in [0, 0.1) is 0 Å². The minimum absolute atomic E-state index is 0.348. The molecule has 0 aliphatic rings. The van der Waals surface area contributed by atoms with Crippen molar-refractivity contribution in [2.45, 2.75) is 25.3 Å². The van der Waals surface area contributed by atoms with Gasteiger partial charge in [0.05, 0.1) is 23.7 Å². The molecule has 1 aromatic rings. The van der Waals surface area contributed by atoms with E-state index in [-0.39, 0.29) is 6.61 Å². The van der Waals surface area contributed by atoms with E-state index in [9.17, 15) is 31.1 Å². The summed E-state index contributed by atoms with van der Waals surface area (Å²) in [7, 11) is 0. The van der Waals surface area contributed by atoms with E-state index in [1.54, 1.807) is 0 Å². The fraction of sp³-hybridized carbons (Fsp3) is 0.455. The average molecular weight is 352 g/mol. The first kappa shape index (κ1) is 18.3. The third-order valence-corrected chi connectivity index (χ3v) is 2.45.